The highest BCUT2D eigenvalue weighted by Crippen LogP contribution is 2.19. The Kier molecular flexibility index (Phi) is 4.92. The summed E-state index contributed by atoms with van der Waals surface area (Å²) < 4.78 is 1.71. The normalized spacial score (nSPS) is 10.5. The van der Waals surface area contributed by atoms with Crippen LogP contribution in [-0.4, -0.2) is 30.9 Å². The number of pyridine rings is 1. The number of hydrogen-bond donors (Lipinski definition) is 1. The number of aldehydes is 1. The summed E-state index contributed by atoms with van der Waals surface area (Å²) in [6.45, 7) is 0. The molecule has 0 aliphatic heterocycles. The third-order valence-corrected chi connectivity index (χ3v) is 5.16. The van der Waals surface area contributed by atoms with Crippen molar-refractivity contribution in [3.05, 3.63) is 89.3 Å². The van der Waals surface area contributed by atoms with E-state index in [9.17, 15) is 4.79 Å². The highest BCUT2D eigenvalue weighted by molar-refractivity contribution is 7.13. The topological polar surface area (TPSA) is 85.1 Å². The number of carbonyl (C=O) groups is 1. The molecule has 0 atom stereocenters. The number of nitrogens with one attached hydrogen (secondary N) is 1. The van der Waals surface area contributed by atoms with Gasteiger partial charge >= 0.3 is 0 Å². The van der Waals surface area contributed by atoms with Gasteiger partial charge < -0.3 is 5.32 Å². The number of benzene rings is 1. The third kappa shape index (κ3) is 4.03. The van der Waals surface area contributed by atoms with Gasteiger partial charge in [-0.15, -0.1) is 11.3 Å². The molecular weight excluding hydrogens is 408 g/mol. The van der Waals surface area contributed by atoms with E-state index in [1.54, 1.807) is 35.2 Å². The molecule has 0 bridgehead atoms. The Hall–Kier alpha value is -4.35. The average molecular weight is 422 g/mol. The van der Waals surface area contributed by atoms with E-state index in [4.69, 9.17) is 0 Å². The Morgan fingerprint density at radius 1 is 0.968 bits per heavy atom. The van der Waals surface area contributed by atoms with E-state index < -0.39 is 0 Å². The maximum absolute atomic E-state index is 10.9. The molecule has 0 aliphatic carbocycles. The summed E-state index contributed by atoms with van der Waals surface area (Å²) in [4.78, 5) is 23.8. The SMILES string of the molecule is O=Cc1ccc(-c2ccc3ncc(C#Cc4ccnc(Nc5nccs5)c4)n3n2)cc1. The molecule has 0 saturated carbocycles. The van der Waals surface area contributed by atoms with Crippen LogP contribution in [0.1, 0.15) is 21.6 Å². The van der Waals surface area contributed by atoms with Crippen LogP contribution in [0.4, 0.5) is 10.9 Å². The Morgan fingerprint density at radius 3 is 2.68 bits per heavy atom. The molecule has 1 N–H and O–H groups in total. The van der Waals surface area contributed by atoms with Gasteiger partial charge in [0.2, 0.25) is 0 Å². The van der Waals surface area contributed by atoms with Crippen molar-refractivity contribution in [1.82, 2.24) is 24.6 Å². The van der Waals surface area contributed by atoms with Crippen LogP contribution in [0.3, 0.4) is 0 Å². The summed E-state index contributed by atoms with van der Waals surface area (Å²) in [5.41, 5.74) is 4.49. The van der Waals surface area contributed by atoms with Gasteiger partial charge in [0.25, 0.3) is 0 Å². The summed E-state index contributed by atoms with van der Waals surface area (Å²) in [6.07, 6.45) is 5.96. The van der Waals surface area contributed by atoms with Gasteiger partial charge in [0.1, 0.15) is 17.8 Å². The van der Waals surface area contributed by atoms with Crippen LogP contribution >= 0.6 is 11.3 Å². The molecular formula is C23H14N6OS. The van der Waals surface area contributed by atoms with Crippen LogP contribution in [-0.2, 0) is 0 Å². The number of rotatable bonds is 4. The van der Waals surface area contributed by atoms with Gasteiger partial charge in [-0.1, -0.05) is 30.2 Å². The summed E-state index contributed by atoms with van der Waals surface area (Å²) in [6, 6.07) is 14.8. The minimum Gasteiger partial charge on any atom is -0.316 e. The van der Waals surface area contributed by atoms with Crippen LogP contribution in [0.15, 0.2) is 72.5 Å². The predicted molar refractivity (Wildman–Crippen MR) is 119 cm³/mol. The molecule has 0 amide bonds. The minimum atomic E-state index is 0.625. The summed E-state index contributed by atoms with van der Waals surface area (Å²) in [5, 5.41) is 10.5. The number of nitrogens with zero attached hydrogens (tertiary/aromatic N) is 5. The predicted octanol–water partition coefficient (Wildman–Crippen LogP) is 4.20. The monoisotopic (exact) mass is 422 g/mol. The van der Waals surface area contributed by atoms with Crippen molar-refractivity contribution in [2.24, 2.45) is 0 Å². The molecule has 1 aromatic carbocycles. The Bertz CT molecular complexity index is 1430. The molecule has 5 rings (SSSR count). The van der Waals surface area contributed by atoms with Crippen molar-refractivity contribution < 1.29 is 4.79 Å². The van der Waals surface area contributed by atoms with E-state index in [0.717, 1.165) is 28.2 Å². The van der Waals surface area contributed by atoms with Crippen molar-refractivity contribution in [1.29, 1.82) is 0 Å². The standard InChI is InChI=1S/C23H14N6OS/c30-15-17-1-4-18(5-2-17)20-7-8-22-26-14-19(29(22)28-20)6-3-16-9-10-24-21(13-16)27-23-25-11-12-31-23/h1-2,4-5,7-15H,(H,24,25,27). The average Bonchev–Trinajstić information content (AvgIpc) is 3.47. The second-order valence-corrected chi connectivity index (χ2v) is 7.41. The van der Waals surface area contributed by atoms with E-state index in [2.05, 4.69) is 37.2 Å². The second-order valence-electron chi connectivity index (χ2n) is 6.51. The number of imidazole rings is 1. The zero-order valence-electron chi connectivity index (χ0n) is 16.1. The Labute approximate surface area is 181 Å². The number of hydrogen-bond acceptors (Lipinski definition) is 7. The van der Waals surface area contributed by atoms with Crippen LogP contribution in [0.5, 0.6) is 0 Å². The van der Waals surface area contributed by atoms with Crippen LogP contribution in [0, 0.1) is 11.8 Å². The Balaban J connectivity index is 1.45. The van der Waals surface area contributed by atoms with Crippen molar-refractivity contribution in [3.63, 3.8) is 0 Å². The van der Waals surface area contributed by atoms with E-state index in [1.165, 1.54) is 11.3 Å². The Morgan fingerprint density at radius 2 is 1.87 bits per heavy atom. The van der Waals surface area contributed by atoms with E-state index in [0.29, 0.717) is 22.7 Å². The van der Waals surface area contributed by atoms with Crippen molar-refractivity contribution in [3.8, 4) is 23.1 Å². The molecule has 31 heavy (non-hydrogen) atoms. The van der Waals surface area contributed by atoms with Crippen LogP contribution in [0.25, 0.3) is 16.9 Å². The lowest BCUT2D eigenvalue weighted by Gasteiger charge is -2.03. The number of thiazole rings is 1. The molecule has 4 heterocycles. The van der Waals surface area contributed by atoms with Crippen LogP contribution in [0.2, 0.25) is 0 Å². The number of fused-ring (bicyclic) bond motifs is 1. The molecule has 5 aromatic rings. The summed E-state index contributed by atoms with van der Waals surface area (Å²) in [7, 11) is 0. The largest absolute Gasteiger partial charge is 0.316 e. The second kappa shape index (κ2) is 8.18. The molecule has 0 saturated heterocycles. The van der Waals surface area contributed by atoms with Gasteiger partial charge in [-0.3, -0.25) is 4.79 Å². The lowest BCUT2D eigenvalue weighted by atomic mass is 10.1. The first kappa shape index (κ1) is 18.7. The highest BCUT2D eigenvalue weighted by atomic mass is 32.1. The fraction of sp³-hybridized carbons (Fsp3) is 0. The first-order chi connectivity index (χ1) is 15.3. The minimum absolute atomic E-state index is 0.625. The fourth-order valence-electron chi connectivity index (χ4n) is 2.95. The van der Waals surface area contributed by atoms with Gasteiger partial charge in [-0.25, -0.2) is 19.5 Å². The maximum Gasteiger partial charge on any atom is 0.188 e. The van der Waals surface area contributed by atoms with Crippen molar-refractivity contribution >= 4 is 34.2 Å². The summed E-state index contributed by atoms with van der Waals surface area (Å²) in [5.74, 6) is 6.97. The molecule has 0 fully saturated rings. The van der Waals surface area contributed by atoms with E-state index >= 15 is 0 Å². The number of aromatic nitrogens is 5. The van der Waals surface area contributed by atoms with Crippen molar-refractivity contribution in [2.75, 3.05) is 5.32 Å². The van der Waals surface area contributed by atoms with Gasteiger partial charge in [-0.05, 0) is 30.2 Å². The smallest absolute Gasteiger partial charge is 0.188 e. The quantitative estimate of drug-likeness (QED) is 0.345. The maximum atomic E-state index is 10.9. The molecule has 7 nitrogen and oxygen atoms in total. The fourth-order valence-corrected chi connectivity index (χ4v) is 3.49. The third-order valence-electron chi connectivity index (χ3n) is 4.47. The molecule has 8 heteroatoms. The van der Waals surface area contributed by atoms with Gasteiger partial charge in [-0.2, -0.15) is 5.10 Å². The van der Waals surface area contributed by atoms with E-state index in [-0.39, 0.29) is 0 Å². The summed E-state index contributed by atoms with van der Waals surface area (Å²) >= 11 is 1.50. The molecule has 0 unspecified atom stereocenters. The van der Waals surface area contributed by atoms with Gasteiger partial charge in [0, 0.05) is 34.5 Å². The first-order valence-electron chi connectivity index (χ1n) is 9.33. The molecule has 4 aromatic heterocycles. The molecule has 0 aliphatic rings. The van der Waals surface area contributed by atoms with Crippen molar-refractivity contribution in [2.45, 2.75) is 0 Å². The molecule has 0 radical (unpaired) electrons. The van der Waals surface area contributed by atoms with Crippen LogP contribution < -0.4 is 5.32 Å². The number of anilines is 2. The highest BCUT2D eigenvalue weighted by Gasteiger charge is 2.06. The first-order valence-corrected chi connectivity index (χ1v) is 10.2. The lowest BCUT2D eigenvalue weighted by Crippen LogP contribution is -1.97. The zero-order chi connectivity index (χ0) is 21.0. The van der Waals surface area contributed by atoms with Gasteiger partial charge in [0.05, 0.1) is 11.9 Å². The lowest BCUT2D eigenvalue weighted by molar-refractivity contribution is 0.112. The zero-order valence-corrected chi connectivity index (χ0v) is 16.9. The van der Waals surface area contributed by atoms with Gasteiger partial charge in [0.15, 0.2) is 10.8 Å². The van der Waals surface area contributed by atoms with E-state index in [1.807, 2.05) is 41.8 Å². The number of carbonyl (C=O) groups excluding carboxylic acids is 1. The molecule has 0 spiro atoms. The molecule has 148 valence electrons.